The van der Waals surface area contributed by atoms with Crippen LogP contribution in [0.15, 0.2) is 82.1 Å². The van der Waals surface area contributed by atoms with Gasteiger partial charge >= 0.3 is 0 Å². The van der Waals surface area contributed by atoms with Crippen molar-refractivity contribution in [1.82, 2.24) is 4.98 Å². The highest BCUT2D eigenvalue weighted by molar-refractivity contribution is 7.92. The van der Waals surface area contributed by atoms with Crippen molar-refractivity contribution in [2.45, 2.75) is 4.90 Å². The van der Waals surface area contributed by atoms with Crippen LogP contribution < -0.4 is 4.72 Å². The minimum atomic E-state index is -3.80. The number of hydrogen-bond acceptors (Lipinski definition) is 4. The van der Waals surface area contributed by atoms with Crippen molar-refractivity contribution in [3.05, 3.63) is 77.8 Å². The Morgan fingerprint density at radius 2 is 1.65 bits per heavy atom. The van der Waals surface area contributed by atoms with Crippen molar-refractivity contribution in [3.63, 3.8) is 0 Å². The first-order valence-corrected chi connectivity index (χ1v) is 9.62. The number of oxazole rings is 1. The summed E-state index contributed by atoms with van der Waals surface area (Å²) in [5.41, 5.74) is 2.36. The van der Waals surface area contributed by atoms with Gasteiger partial charge in [0.15, 0.2) is 5.58 Å². The first-order chi connectivity index (χ1) is 12.5. The Hall–Kier alpha value is -2.83. The molecule has 0 bridgehead atoms. The van der Waals surface area contributed by atoms with Gasteiger partial charge in [0.1, 0.15) is 10.4 Å². The molecular weight excluding hydrogens is 372 g/mol. The molecule has 5 nitrogen and oxygen atoms in total. The SMILES string of the molecule is O=S(=O)(Nc1ccc2oc(-c3ccccc3)nc2c1)c1ccccc1Cl. The number of halogens is 1. The highest BCUT2D eigenvalue weighted by Gasteiger charge is 2.18. The lowest BCUT2D eigenvalue weighted by molar-refractivity contribution is 0.601. The predicted octanol–water partition coefficient (Wildman–Crippen LogP) is 4.95. The van der Waals surface area contributed by atoms with Crippen LogP contribution in [0.4, 0.5) is 5.69 Å². The molecule has 0 saturated carbocycles. The molecular formula is C19H13ClN2O3S. The number of anilines is 1. The lowest BCUT2D eigenvalue weighted by Crippen LogP contribution is -2.13. The second kappa shape index (κ2) is 6.48. The fourth-order valence-electron chi connectivity index (χ4n) is 2.57. The van der Waals surface area contributed by atoms with Gasteiger partial charge in [0.25, 0.3) is 10.0 Å². The number of rotatable bonds is 4. The molecule has 0 aliphatic rings. The van der Waals surface area contributed by atoms with Crippen LogP contribution in [0.5, 0.6) is 0 Å². The third-order valence-corrected chi connectivity index (χ3v) is 5.67. The fourth-order valence-corrected chi connectivity index (χ4v) is 4.14. The Morgan fingerprint density at radius 1 is 0.923 bits per heavy atom. The van der Waals surface area contributed by atoms with Crippen molar-refractivity contribution in [1.29, 1.82) is 0 Å². The molecule has 130 valence electrons. The van der Waals surface area contributed by atoms with E-state index in [-0.39, 0.29) is 9.92 Å². The number of nitrogens with zero attached hydrogens (tertiary/aromatic N) is 1. The van der Waals surface area contributed by atoms with E-state index < -0.39 is 10.0 Å². The molecule has 26 heavy (non-hydrogen) atoms. The van der Waals surface area contributed by atoms with Gasteiger partial charge < -0.3 is 4.42 Å². The van der Waals surface area contributed by atoms with E-state index >= 15 is 0 Å². The van der Waals surface area contributed by atoms with Gasteiger partial charge in [0.2, 0.25) is 5.89 Å². The molecule has 1 N–H and O–H groups in total. The molecule has 0 atom stereocenters. The van der Waals surface area contributed by atoms with Gasteiger partial charge in [-0.05, 0) is 42.5 Å². The first-order valence-electron chi connectivity index (χ1n) is 7.76. The number of hydrogen-bond donors (Lipinski definition) is 1. The van der Waals surface area contributed by atoms with E-state index in [1.165, 1.54) is 12.1 Å². The van der Waals surface area contributed by atoms with Gasteiger partial charge in [0, 0.05) is 5.56 Å². The molecule has 0 radical (unpaired) electrons. The Morgan fingerprint density at radius 3 is 2.42 bits per heavy atom. The largest absolute Gasteiger partial charge is 0.436 e. The smallest absolute Gasteiger partial charge is 0.263 e. The summed E-state index contributed by atoms with van der Waals surface area (Å²) in [7, 11) is -3.80. The summed E-state index contributed by atoms with van der Waals surface area (Å²) in [6.07, 6.45) is 0. The van der Waals surface area contributed by atoms with Crippen LogP contribution in [-0.4, -0.2) is 13.4 Å². The maximum Gasteiger partial charge on any atom is 0.263 e. The van der Waals surface area contributed by atoms with E-state index in [4.69, 9.17) is 16.0 Å². The molecule has 0 aliphatic carbocycles. The van der Waals surface area contributed by atoms with E-state index in [0.717, 1.165) is 5.56 Å². The fraction of sp³-hybridized carbons (Fsp3) is 0. The lowest BCUT2D eigenvalue weighted by atomic mass is 10.2. The zero-order chi connectivity index (χ0) is 18.1. The number of aromatic nitrogens is 1. The lowest BCUT2D eigenvalue weighted by Gasteiger charge is -2.09. The topological polar surface area (TPSA) is 72.2 Å². The molecule has 0 saturated heterocycles. The molecule has 1 aromatic heterocycles. The van der Waals surface area contributed by atoms with E-state index in [9.17, 15) is 8.42 Å². The van der Waals surface area contributed by atoms with Crippen molar-refractivity contribution in [2.75, 3.05) is 4.72 Å². The molecule has 7 heteroatoms. The maximum absolute atomic E-state index is 12.5. The molecule has 3 aromatic carbocycles. The Kier molecular flexibility index (Phi) is 4.14. The van der Waals surface area contributed by atoms with Crippen LogP contribution in [-0.2, 0) is 10.0 Å². The number of fused-ring (bicyclic) bond motifs is 1. The molecule has 0 aliphatic heterocycles. The minimum Gasteiger partial charge on any atom is -0.436 e. The third kappa shape index (κ3) is 3.16. The summed E-state index contributed by atoms with van der Waals surface area (Å²) in [5.74, 6) is 0.478. The highest BCUT2D eigenvalue weighted by Crippen LogP contribution is 2.28. The van der Waals surface area contributed by atoms with Crippen molar-refractivity contribution in [2.24, 2.45) is 0 Å². The Bertz CT molecular complexity index is 1190. The second-order valence-electron chi connectivity index (χ2n) is 5.60. The van der Waals surface area contributed by atoms with E-state index in [1.807, 2.05) is 30.3 Å². The molecule has 0 unspecified atom stereocenters. The van der Waals surface area contributed by atoms with Crippen molar-refractivity contribution >= 4 is 38.4 Å². The molecule has 4 aromatic rings. The average molecular weight is 385 g/mol. The van der Waals surface area contributed by atoms with Crippen LogP contribution in [0.1, 0.15) is 0 Å². The zero-order valence-electron chi connectivity index (χ0n) is 13.4. The predicted molar refractivity (Wildman–Crippen MR) is 102 cm³/mol. The summed E-state index contributed by atoms with van der Waals surface area (Å²) in [5, 5.41) is 0.161. The van der Waals surface area contributed by atoms with Crippen molar-refractivity contribution in [3.8, 4) is 11.5 Å². The summed E-state index contributed by atoms with van der Waals surface area (Å²) in [6, 6.07) is 20.7. The summed E-state index contributed by atoms with van der Waals surface area (Å²) in [4.78, 5) is 4.46. The summed E-state index contributed by atoms with van der Waals surface area (Å²) >= 11 is 5.99. The molecule has 4 rings (SSSR count). The normalized spacial score (nSPS) is 11.6. The van der Waals surface area contributed by atoms with Gasteiger partial charge in [-0.15, -0.1) is 0 Å². The molecule has 0 fully saturated rings. The highest BCUT2D eigenvalue weighted by atomic mass is 35.5. The first kappa shape index (κ1) is 16.6. The van der Waals surface area contributed by atoms with Crippen LogP contribution in [0.2, 0.25) is 5.02 Å². The third-order valence-electron chi connectivity index (χ3n) is 3.79. The summed E-state index contributed by atoms with van der Waals surface area (Å²) in [6.45, 7) is 0. The Labute approximate surface area is 155 Å². The van der Waals surface area contributed by atoms with Gasteiger partial charge in [-0.25, -0.2) is 13.4 Å². The van der Waals surface area contributed by atoms with E-state index in [0.29, 0.717) is 22.7 Å². The minimum absolute atomic E-state index is 0.0203. The summed E-state index contributed by atoms with van der Waals surface area (Å²) < 4.78 is 33.3. The quantitative estimate of drug-likeness (QED) is 0.540. The average Bonchev–Trinajstić information content (AvgIpc) is 3.06. The van der Waals surface area contributed by atoms with Gasteiger partial charge in [-0.1, -0.05) is 41.9 Å². The number of nitrogens with one attached hydrogen (secondary N) is 1. The van der Waals surface area contributed by atoms with Crippen LogP contribution in [0, 0.1) is 0 Å². The monoisotopic (exact) mass is 384 g/mol. The van der Waals surface area contributed by atoms with Gasteiger partial charge in [-0.3, -0.25) is 4.72 Å². The maximum atomic E-state index is 12.5. The standard InChI is InChI=1S/C19H13ClN2O3S/c20-15-8-4-5-9-18(15)26(23,24)22-14-10-11-17-16(12-14)21-19(25-17)13-6-2-1-3-7-13/h1-12,22H. The van der Waals surface area contributed by atoms with Crippen LogP contribution in [0.25, 0.3) is 22.6 Å². The van der Waals surface area contributed by atoms with Gasteiger partial charge in [0.05, 0.1) is 10.7 Å². The van der Waals surface area contributed by atoms with E-state index in [2.05, 4.69) is 9.71 Å². The van der Waals surface area contributed by atoms with Crippen LogP contribution in [0.3, 0.4) is 0 Å². The van der Waals surface area contributed by atoms with Crippen LogP contribution >= 0.6 is 11.6 Å². The number of sulfonamides is 1. The van der Waals surface area contributed by atoms with Crippen molar-refractivity contribution < 1.29 is 12.8 Å². The molecule has 0 spiro atoms. The van der Waals surface area contributed by atoms with E-state index in [1.54, 1.807) is 30.3 Å². The second-order valence-corrected chi connectivity index (χ2v) is 7.66. The molecule has 0 amide bonds. The van der Waals surface area contributed by atoms with Gasteiger partial charge in [-0.2, -0.15) is 0 Å². The number of benzene rings is 3. The Balaban J connectivity index is 1.69. The zero-order valence-corrected chi connectivity index (χ0v) is 15.0. The molecule has 1 heterocycles.